The molecule has 0 spiro atoms. The number of H-pyrrole nitrogens is 1. The molecule has 0 unspecified atom stereocenters. The van der Waals surface area contributed by atoms with Gasteiger partial charge in [0.1, 0.15) is 0 Å². The molecule has 3 aromatic rings. The average Bonchev–Trinajstić information content (AvgIpc) is 2.89. The molecule has 3 rings (SSSR count). The van der Waals surface area contributed by atoms with E-state index < -0.39 is 5.97 Å². The molecule has 2 heterocycles. The predicted octanol–water partition coefficient (Wildman–Crippen LogP) is 2.03. The van der Waals surface area contributed by atoms with E-state index in [1.165, 1.54) is 0 Å². The molecule has 2 N–H and O–H groups in total. The Kier molecular flexibility index (Phi) is 1.98. The van der Waals surface area contributed by atoms with Crippen LogP contribution >= 0.6 is 0 Å². The van der Waals surface area contributed by atoms with Crippen molar-refractivity contribution in [1.29, 1.82) is 0 Å². The molecule has 1 aromatic carbocycles. The molecule has 5 heteroatoms. The van der Waals surface area contributed by atoms with Crippen molar-refractivity contribution >= 4 is 11.6 Å². The zero-order valence-corrected chi connectivity index (χ0v) is 8.79. The minimum atomic E-state index is -0.934. The third kappa shape index (κ3) is 1.57. The lowest BCUT2D eigenvalue weighted by molar-refractivity contribution is 0.0697. The van der Waals surface area contributed by atoms with Crippen molar-refractivity contribution in [2.45, 2.75) is 0 Å². The topological polar surface area (TPSA) is 70.4 Å². The molecule has 5 nitrogen and oxygen atoms in total. The lowest BCUT2D eigenvalue weighted by Crippen LogP contribution is -1.95. The fourth-order valence-corrected chi connectivity index (χ4v) is 1.76. The van der Waals surface area contributed by atoms with E-state index in [0.29, 0.717) is 0 Å². The molecular weight excluding hydrogens is 218 g/mol. The minimum Gasteiger partial charge on any atom is -0.478 e. The van der Waals surface area contributed by atoms with Gasteiger partial charge < -0.3 is 10.2 Å². The Labute approximate surface area is 96.3 Å². The van der Waals surface area contributed by atoms with Gasteiger partial charge >= 0.3 is 5.97 Å². The highest BCUT2D eigenvalue weighted by Crippen LogP contribution is 2.19. The number of carboxylic acids is 1. The highest BCUT2D eigenvalue weighted by molar-refractivity contribution is 5.89. The summed E-state index contributed by atoms with van der Waals surface area (Å²) < 4.78 is 1.78. The first-order valence-corrected chi connectivity index (χ1v) is 5.10. The number of nitrogens with one attached hydrogen (secondary N) is 1. The minimum absolute atomic E-state index is 0.263. The van der Waals surface area contributed by atoms with Gasteiger partial charge in [-0.25, -0.2) is 14.3 Å². The number of hydrogen-bond acceptors (Lipinski definition) is 2. The number of fused-ring (bicyclic) bond motifs is 1. The molecule has 0 fully saturated rings. The molecule has 2 aromatic heterocycles. The number of aromatic carboxylic acids is 1. The first kappa shape index (κ1) is 9.65. The van der Waals surface area contributed by atoms with Gasteiger partial charge in [-0.3, -0.25) is 0 Å². The summed E-state index contributed by atoms with van der Waals surface area (Å²) in [5.74, 6) is -0.934. The maximum atomic E-state index is 10.9. The van der Waals surface area contributed by atoms with Crippen LogP contribution in [0.15, 0.2) is 42.7 Å². The van der Waals surface area contributed by atoms with E-state index in [9.17, 15) is 4.79 Å². The van der Waals surface area contributed by atoms with E-state index in [1.807, 2.05) is 18.3 Å². The molecule has 0 radical (unpaired) electrons. The standard InChI is InChI=1S/C12H9N3O2/c16-12(17)9-3-1-2-8(6-9)10-7-15-11(14-10)4-5-13-15/h1-7,13H,(H,16,17). The molecule has 17 heavy (non-hydrogen) atoms. The van der Waals surface area contributed by atoms with Crippen molar-refractivity contribution in [3.8, 4) is 11.3 Å². The maximum absolute atomic E-state index is 10.9. The van der Waals surface area contributed by atoms with Crippen LogP contribution in [0.25, 0.3) is 16.9 Å². The summed E-state index contributed by atoms with van der Waals surface area (Å²) in [6.45, 7) is 0. The second-order valence-electron chi connectivity index (χ2n) is 3.70. The zero-order chi connectivity index (χ0) is 11.8. The molecule has 0 aliphatic carbocycles. The highest BCUT2D eigenvalue weighted by atomic mass is 16.4. The fourth-order valence-electron chi connectivity index (χ4n) is 1.76. The summed E-state index contributed by atoms with van der Waals surface area (Å²) in [4.78, 5) is 15.3. The van der Waals surface area contributed by atoms with Gasteiger partial charge in [-0.05, 0) is 12.1 Å². The number of nitrogens with zero attached hydrogens (tertiary/aromatic N) is 2. The molecular formula is C12H9N3O2. The van der Waals surface area contributed by atoms with Gasteiger partial charge in [0.15, 0.2) is 5.65 Å². The molecule has 0 aliphatic heterocycles. The van der Waals surface area contributed by atoms with E-state index in [1.54, 1.807) is 28.9 Å². The van der Waals surface area contributed by atoms with Gasteiger partial charge in [0.25, 0.3) is 0 Å². The highest BCUT2D eigenvalue weighted by Gasteiger charge is 2.08. The van der Waals surface area contributed by atoms with Crippen LogP contribution in [-0.2, 0) is 0 Å². The summed E-state index contributed by atoms with van der Waals surface area (Å²) in [5.41, 5.74) is 2.61. The molecule has 0 bridgehead atoms. The number of carbonyl (C=O) groups is 1. The van der Waals surface area contributed by atoms with E-state index in [4.69, 9.17) is 5.11 Å². The smallest absolute Gasteiger partial charge is 0.335 e. The van der Waals surface area contributed by atoms with Crippen LogP contribution in [0.2, 0.25) is 0 Å². The van der Waals surface area contributed by atoms with Crippen LogP contribution in [-0.4, -0.2) is 25.7 Å². The number of carboxylic acid groups (broad SMARTS) is 1. The van der Waals surface area contributed by atoms with Crippen LogP contribution in [0.1, 0.15) is 10.4 Å². The van der Waals surface area contributed by atoms with E-state index in [2.05, 4.69) is 10.1 Å². The number of aromatic nitrogens is 3. The lowest BCUT2D eigenvalue weighted by Gasteiger charge is -1.98. The monoisotopic (exact) mass is 227 g/mol. The first-order valence-electron chi connectivity index (χ1n) is 5.10. The summed E-state index contributed by atoms with van der Waals surface area (Å²) in [6, 6.07) is 8.59. The Hall–Kier alpha value is -2.56. The summed E-state index contributed by atoms with van der Waals surface area (Å²) in [6.07, 6.45) is 3.62. The van der Waals surface area contributed by atoms with Crippen LogP contribution in [0.5, 0.6) is 0 Å². The van der Waals surface area contributed by atoms with Crippen molar-refractivity contribution < 1.29 is 9.90 Å². The molecule has 0 atom stereocenters. The Bertz CT molecular complexity index is 668. The van der Waals surface area contributed by atoms with Gasteiger partial charge in [0.05, 0.1) is 17.5 Å². The lowest BCUT2D eigenvalue weighted by atomic mass is 10.1. The number of benzene rings is 1. The van der Waals surface area contributed by atoms with Crippen molar-refractivity contribution in [2.24, 2.45) is 0 Å². The van der Waals surface area contributed by atoms with E-state index in [-0.39, 0.29) is 5.56 Å². The van der Waals surface area contributed by atoms with Gasteiger partial charge in [0.2, 0.25) is 0 Å². The van der Waals surface area contributed by atoms with Gasteiger partial charge in [-0.1, -0.05) is 12.1 Å². The second-order valence-corrected chi connectivity index (χ2v) is 3.70. The van der Waals surface area contributed by atoms with Crippen molar-refractivity contribution in [2.75, 3.05) is 0 Å². The number of aromatic amines is 1. The summed E-state index contributed by atoms with van der Waals surface area (Å²) in [7, 11) is 0. The summed E-state index contributed by atoms with van der Waals surface area (Å²) in [5, 5.41) is 11.9. The van der Waals surface area contributed by atoms with Crippen LogP contribution < -0.4 is 0 Å². The largest absolute Gasteiger partial charge is 0.478 e. The number of imidazole rings is 1. The van der Waals surface area contributed by atoms with Crippen LogP contribution in [0.4, 0.5) is 0 Å². The second kappa shape index (κ2) is 3.48. The molecule has 0 amide bonds. The zero-order valence-electron chi connectivity index (χ0n) is 8.79. The average molecular weight is 227 g/mol. The Balaban J connectivity index is 2.12. The Morgan fingerprint density at radius 1 is 1.35 bits per heavy atom. The van der Waals surface area contributed by atoms with Crippen molar-refractivity contribution in [3.63, 3.8) is 0 Å². The molecule has 0 saturated heterocycles. The van der Waals surface area contributed by atoms with Gasteiger partial charge in [0, 0.05) is 17.8 Å². The van der Waals surface area contributed by atoms with Crippen molar-refractivity contribution in [3.05, 3.63) is 48.3 Å². The molecule has 84 valence electrons. The Morgan fingerprint density at radius 2 is 2.24 bits per heavy atom. The molecule has 0 saturated carbocycles. The normalized spacial score (nSPS) is 10.8. The first-order chi connectivity index (χ1) is 8.24. The van der Waals surface area contributed by atoms with Crippen LogP contribution in [0.3, 0.4) is 0 Å². The summed E-state index contributed by atoms with van der Waals surface area (Å²) >= 11 is 0. The number of hydrogen-bond donors (Lipinski definition) is 2. The van der Waals surface area contributed by atoms with E-state index >= 15 is 0 Å². The number of rotatable bonds is 2. The van der Waals surface area contributed by atoms with Gasteiger partial charge in [-0.15, -0.1) is 0 Å². The fraction of sp³-hybridized carbons (Fsp3) is 0. The third-order valence-electron chi connectivity index (χ3n) is 2.58. The maximum Gasteiger partial charge on any atom is 0.335 e. The third-order valence-corrected chi connectivity index (χ3v) is 2.58. The Morgan fingerprint density at radius 3 is 3.00 bits per heavy atom. The quantitative estimate of drug-likeness (QED) is 0.703. The predicted molar refractivity (Wildman–Crippen MR) is 61.9 cm³/mol. The van der Waals surface area contributed by atoms with E-state index in [0.717, 1.165) is 16.9 Å². The van der Waals surface area contributed by atoms with Crippen LogP contribution in [0, 0.1) is 0 Å². The van der Waals surface area contributed by atoms with Gasteiger partial charge in [-0.2, -0.15) is 0 Å². The molecule has 0 aliphatic rings. The SMILES string of the molecule is O=C(O)c1cccc(-c2cn3[nH]ccc3n2)c1. The van der Waals surface area contributed by atoms with Crippen molar-refractivity contribution in [1.82, 2.24) is 14.6 Å².